The number of rotatable bonds is 4. The van der Waals surface area contributed by atoms with Crippen LogP contribution in [-0.2, 0) is 23.8 Å². The molecule has 0 saturated carbocycles. The van der Waals surface area contributed by atoms with Gasteiger partial charge in [0, 0.05) is 30.0 Å². The molecule has 2 saturated heterocycles. The molecule has 0 aromatic carbocycles. The molecule has 0 amide bonds. The van der Waals surface area contributed by atoms with Crippen molar-refractivity contribution in [3.8, 4) is 0 Å². The van der Waals surface area contributed by atoms with Crippen molar-refractivity contribution in [1.82, 2.24) is 4.98 Å². The van der Waals surface area contributed by atoms with Crippen molar-refractivity contribution in [3.63, 3.8) is 0 Å². The average Bonchev–Trinajstić information content (AvgIpc) is 3.31. The maximum Gasteiger partial charge on any atom is 0.334 e. The molecule has 6 nitrogen and oxygen atoms in total. The molecule has 4 rings (SSSR count). The number of esters is 2. The smallest absolute Gasteiger partial charge is 0.334 e. The fourth-order valence-corrected chi connectivity index (χ4v) is 4.10. The minimum absolute atomic E-state index is 0.0545. The summed E-state index contributed by atoms with van der Waals surface area (Å²) in [5.41, 5.74) is 2.13. The molecule has 3 heterocycles. The summed E-state index contributed by atoms with van der Waals surface area (Å²) >= 11 is 0. The second kappa shape index (κ2) is 7.95. The maximum absolute atomic E-state index is 12.1. The summed E-state index contributed by atoms with van der Waals surface area (Å²) in [5, 5.41) is 0. The third-order valence-corrected chi connectivity index (χ3v) is 5.93. The molecule has 0 radical (unpaired) electrons. The van der Waals surface area contributed by atoms with E-state index in [-0.39, 0.29) is 36.3 Å². The molecule has 0 spiro atoms. The predicted octanol–water partition coefficient (Wildman–Crippen LogP) is 3.39. The fraction of sp³-hybridized carbons (Fsp3) is 0.435. The highest BCUT2D eigenvalue weighted by atomic mass is 16.6. The first-order chi connectivity index (χ1) is 14.0. The van der Waals surface area contributed by atoms with Crippen LogP contribution >= 0.6 is 0 Å². The number of allylic oxidation sites excluding steroid dienone is 1. The maximum atomic E-state index is 12.1. The quantitative estimate of drug-likeness (QED) is 0.337. The van der Waals surface area contributed by atoms with E-state index in [4.69, 9.17) is 14.2 Å². The molecule has 2 fully saturated rings. The van der Waals surface area contributed by atoms with Gasteiger partial charge in [-0.25, -0.2) is 9.59 Å². The van der Waals surface area contributed by atoms with E-state index in [0.29, 0.717) is 5.57 Å². The third-order valence-electron chi connectivity index (χ3n) is 5.93. The lowest BCUT2D eigenvalue weighted by molar-refractivity contribution is -0.140. The van der Waals surface area contributed by atoms with E-state index in [1.54, 1.807) is 18.5 Å². The van der Waals surface area contributed by atoms with E-state index in [9.17, 15) is 9.59 Å². The van der Waals surface area contributed by atoms with Gasteiger partial charge in [0.25, 0.3) is 0 Å². The van der Waals surface area contributed by atoms with Gasteiger partial charge in [0.15, 0.2) is 0 Å². The molecular formula is C23H25NO5. The number of nitrogens with zero attached hydrogens (tertiary/aromatic N) is 1. The van der Waals surface area contributed by atoms with Gasteiger partial charge in [-0.3, -0.25) is 4.98 Å². The largest absolute Gasteiger partial charge is 0.458 e. The van der Waals surface area contributed by atoms with Crippen molar-refractivity contribution in [2.24, 2.45) is 5.92 Å². The van der Waals surface area contributed by atoms with Crippen LogP contribution in [0.15, 0.2) is 54.4 Å². The summed E-state index contributed by atoms with van der Waals surface area (Å²) in [6, 6.07) is 3.67. The average molecular weight is 395 g/mol. The number of aromatic nitrogens is 1. The number of hydrogen-bond acceptors (Lipinski definition) is 6. The van der Waals surface area contributed by atoms with Crippen molar-refractivity contribution in [3.05, 3.63) is 60.0 Å². The van der Waals surface area contributed by atoms with Crippen LogP contribution in [0, 0.1) is 5.92 Å². The van der Waals surface area contributed by atoms with Crippen LogP contribution in [0.4, 0.5) is 0 Å². The lowest BCUT2D eigenvalue weighted by Gasteiger charge is -2.20. The number of hydrogen-bond donors (Lipinski definition) is 0. The number of epoxide rings is 1. The zero-order valence-electron chi connectivity index (χ0n) is 16.5. The summed E-state index contributed by atoms with van der Waals surface area (Å²) < 4.78 is 16.9. The van der Waals surface area contributed by atoms with E-state index in [0.717, 1.165) is 36.8 Å². The minimum atomic E-state index is -0.397. The Bertz CT molecular complexity index is 875. The van der Waals surface area contributed by atoms with E-state index < -0.39 is 5.97 Å². The normalized spacial score (nSPS) is 33.3. The summed E-state index contributed by atoms with van der Waals surface area (Å²) in [4.78, 5) is 28.1. The van der Waals surface area contributed by atoms with Crippen LogP contribution in [0.1, 0.15) is 38.2 Å². The molecule has 0 unspecified atom stereocenters. The van der Waals surface area contributed by atoms with E-state index in [2.05, 4.69) is 24.6 Å². The molecule has 0 N–H and O–H groups in total. The molecule has 1 aromatic heterocycles. The predicted molar refractivity (Wildman–Crippen MR) is 107 cm³/mol. The third kappa shape index (κ3) is 4.32. The summed E-state index contributed by atoms with van der Waals surface area (Å²) in [6.07, 6.45) is 11.4. The van der Waals surface area contributed by atoms with Gasteiger partial charge in [-0.05, 0) is 55.9 Å². The number of carbonyl (C=O) groups excluding carboxylic acids is 2. The Hall–Kier alpha value is -2.73. The highest BCUT2D eigenvalue weighted by Crippen LogP contribution is 2.49. The molecule has 4 atom stereocenters. The zero-order valence-corrected chi connectivity index (χ0v) is 16.5. The van der Waals surface area contributed by atoms with Crippen molar-refractivity contribution in [2.75, 3.05) is 6.61 Å². The summed E-state index contributed by atoms with van der Waals surface area (Å²) in [7, 11) is 0. The van der Waals surface area contributed by atoms with Crippen molar-refractivity contribution in [2.45, 2.75) is 50.4 Å². The Morgan fingerprint density at radius 2 is 2.34 bits per heavy atom. The van der Waals surface area contributed by atoms with Gasteiger partial charge in [-0.15, -0.1) is 0 Å². The second-order valence-electron chi connectivity index (χ2n) is 8.02. The highest BCUT2D eigenvalue weighted by Gasteiger charge is 2.61. The van der Waals surface area contributed by atoms with Crippen molar-refractivity contribution in [1.29, 1.82) is 0 Å². The summed E-state index contributed by atoms with van der Waals surface area (Å²) in [5.74, 6) is -0.780. The van der Waals surface area contributed by atoms with Crippen LogP contribution in [0.5, 0.6) is 0 Å². The Labute approximate surface area is 170 Å². The van der Waals surface area contributed by atoms with Crippen LogP contribution in [0.2, 0.25) is 0 Å². The van der Waals surface area contributed by atoms with Crippen LogP contribution < -0.4 is 0 Å². The number of ether oxygens (including phenoxy) is 3. The molecule has 3 aliphatic rings. The Morgan fingerprint density at radius 3 is 3.14 bits per heavy atom. The zero-order chi connectivity index (χ0) is 20.4. The van der Waals surface area contributed by atoms with Gasteiger partial charge in [0.2, 0.25) is 0 Å². The molecule has 6 heteroatoms. The second-order valence-corrected chi connectivity index (χ2v) is 8.02. The lowest BCUT2D eigenvalue weighted by Crippen LogP contribution is -2.29. The fourth-order valence-electron chi connectivity index (χ4n) is 4.10. The lowest BCUT2D eigenvalue weighted by atomic mass is 9.84. The Balaban J connectivity index is 1.38. The highest BCUT2D eigenvalue weighted by molar-refractivity contribution is 5.91. The van der Waals surface area contributed by atoms with Gasteiger partial charge in [0.05, 0.1) is 5.60 Å². The Kier molecular flexibility index (Phi) is 5.37. The topological polar surface area (TPSA) is 78.0 Å². The van der Waals surface area contributed by atoms with Crippen molar-refractivity contribution < 1.29 is 23.8 Å². The van der Waals surface area contributed by atoms with Gasteiger partial charge >= 0.3 is 11.9 Å². The number of carbonyl (C=O) groups is 2. The molecule has 1 aliphatic carbocycles. The number of fused-ring (bicyclic) bond motifs is 3. The molecule has 29 heavy (non-hydrogen) atoms. The minimum Gasteiger partial charge on any atom is -0.458 e. The van der Waals surface area contributed by atoms with E-state index in [1.165, 1.54) is 6.08 Å². The molecule has 1 aromatic rings. The molecule has 2 aliphatic heterocycles. The Morgan fingerprint density at radius 1 is 1.48 bits per heavy atom. The van der Waals surface area contributed by atoms with Crippen LogP contribution in [0.3, 0.4) is 0 Å². The first kappa shape index (κ1) is 19.6. The van der Waals surface area contributed by atoms with Gasteiger partial charge in [-0.2, -0.15) is 0 Å². The van der Waals surface area contributed by atoms with E-state index >= 15 is 0 Å². The molecule has 152 valence electrons. The van der Waals surface area contributed by atoms with Crippen molar-refractivity contribution >= 4 is 18.0 Å². The van der Waals surface area contributed by atoms with Gasteiger partial charge in [0.1, 0.15) is 18.8 Å². The molecule has 0 bridgehead atoms. The van der Waals surface area contributed by atoms with E-state index in [1.807, 2.05) is 12.1 Å². The number of pyridine rings is 1. The van der Waals surface area contributed by atoms with Crippen LogP contribution in [-0.4, -0.2) is 41.3 Å². The van der Waals surface area contributed by atoms with Crippen LogP contribution in [0.25, 0.3) is 6.08 Å². The SMILES string of the molecule is C=C1C(=O)O[C@H]2[C@H]1CC/C(COC(=O)/C=C/c1cccnc1)=C\CC[C@@]1(C)O[C@@H]21. The van der Waals surface area contributed by atoms with Gasteiger partial charge < -0.3 is 14.2 Å². The summed E-state index contributed by atoms with van der Waals surface area (Å²) in [6.45, 7) is 6.21. The molecular weight excluding hydrogens is 370 g/mol. The monoisotopic (exact) mass is 395 g/mol. The standard InChI is InChI=1S/C23H25NO5/c1-15-18-9-7-17(14-27-19(25)10-8-16-6-4-12-24-13-16)5-3-11-23(2)21(29-23)20(18)28-22(15)26/h4-6,8,10,12-13,18,20-21H,1,3,7,9,11,14H2,2H3/b10-8+,17-5+/t18-,20-,21-,23+/m0/s1. The van der Waals surface area contributed by atoms with Gasteiger partial charge in [-0.1, -0.05) is 18.7 Å². The first-order valence-corrected chi connectivity index (χ1v) is 9.97. The first-order valence-electron chi connectivity index (χ1n) is 9.97.